The largest absolute Gasteiger partial charge is 0.480 e. The number of piperidine rings is 2. The quantitative estimate of drug-likeness (QED) is 0.801. The molecule has 1 unspecified atom stereocenters. The van der Waals surface area contributed by atoms with E-state index >= 15 is 0 Å². The highest BCUT2D eigenvalue weighted by Crippen LogP contribution is 2.46. The second kappa shape index (κ2) is 4.21. The van der Waals surface area contributed by atoms with Crippen molar-refractivity contribution in [3.63, 3.8) is 0 Å². The van der Waals surface area contributed by atoms with Crippen molar-refractivity contribution in [2.75, 3.05) is 0 Å². The molecule has 2 N–H and O–H groups in total. The summed E-state index contributed by atoms with van der Waals surface area (Å²) in [5, 5.41) is 18.5. The number of hydrogen-bond donors (Lipinski definition) is 2. The lowest BCUT2D eigenvalue weighted by molar-refractivity contribution is -0.162. The predicted molar refractivity (Wildman–Crippen MR) is 63.6 cm³/mol. The Balaban J connectivity index is 1.91. The van der Waals surface area contributed by atoms with Crippen LogP contribution < -0.4 is 0 Å². The van der Waals surface area contributed by atoms with Crippen molar-refractivity contribution in [2.24, 2.45) is 17.8 Å². The maximum absolute atomic E-state index is 12.4. The number of fused-ring (bicyclic) bond motifs is 3. The van der Waals surface area contributed by atoms with Gasteiger partial charge >= 0.3 is 12.1 Å². The molecule has 2 saturated carbocycles. The van der Waals surface area contributed by atoms with E-state index in [9.17, 15) is 24.6 Å². The first-order valence-electron chi connectivity index (χ1n) is 6.78. The van der Waals surface area contributed by atoms with Crippen molar-refractivity contribution in [3.8, 4) is 0 Å². The van der Waals surface area contributed by atoms with Crippen LogP contribution in [-0.2, 0) is 9.59 Å². The van der Waals surface area contributed by atoms with E-state index in [-0.39, 0.29) is 11.7 Å². The predicted octanol–water partition coefficient (Wildman–Crippen LogP) is 1.20. The number of hydrogen-bond acceptors (Lipinski definition) is 3. The minimum Gasteiger partial charge on any atom is -0.480 e. The van der Waals surface area contributed by atoms with Gasteiger partial charge in [-0.2, -0.15) is 0 Å². The summed E-state index contributed by atoms with van der Waals surface area (Å²) >= 11 is 0. The van der Waals surface area contributed by atoms with Gasteiger partial charge in [-0.3, -0.25) is 9.69 Å². The Hall–Kier alpha value is -1.59. The van der Waals surface area contributed by atoms with E-state index in [1.165, 1.54) is 0 Å². The molecule has 2 aliphatic carbocycles. The minimum absolute atomic E-state index is 0.0203. The molecule has 0 spiro atoms. The molecule has 0 aromatic rings. The zero-order chi connectivity index (χ0) is 13.7. The summed E-state index contributed by atoms with van der Waals surface area (Å²) in [4.78, 5) is 36.0. The van der Waals surface area contributed by atoms with Gasteiger partial charge in [-0.25, -0.2) is 9.59 Å². The topological polar surface area (TPSA) is 94.9 Å². The lowest BCUT2D eigenvalue weighted by atomic mass is 9.66. The molecule has 19 heavy (non-hydrogen) atoms. The number of carbonyl (C=O) groups excluding carboxylic acids is 1. The summed E-state index contributed by atoms with van der Waals surface area (Å²) in [6.45, 7) is 0. The van der Waals surface area contributed by atoms with Crippen LogP contribution in [0.4, 0.5) is 4.79 Å². The SMILES string of the molecule is O=C1C(CC2CC2)[C@@H]2CC[C@H]1[C@@H](C(=O)O)N2C(=O)O. The molecule has 2 aliphatic heterocycles. The van der Waals surface area contributed by atoms with Crippen LogP contribution >= 0.6 is 0 Å². The van der Waals surface area contributed by atoms with Crippen LogP contribution in [0.25, 0.3) is 0 Å². The van der Waals surface area contributed by atoms with Crippen molar-refractivity contribution in [1.29, 1.82) is 0 Å². The molecule has 4 aliphatic rings. The van der Waals surface area contributed by atoms with Gasteiger partial charge in [0.05, 0.1) is 0 Å². The molecular formula is C13H17NO5. The molecule has 0 aromatic carbocycles. The Morgan fingerprint density at radius 1 is 1.16 bits per heavy atom. The van der Waals surface area contributed by atoms with Gasteiger partial charge in [0.2, 0.25) is 0 Å². The number of carbonyl (C=O) groups is 3. The maximum atomic E-state index is 12.4. The van der Waals surface area contributed by atoms with E-state index in [1.54, 1.807) is 0 Å². The molecule has 1 amide bonds. The molecule has 4 atom stereocenters. The molecule has 4 rings (SSSR count). The Morgan fingerprint density at radius 3 is 2.37 bits per heavy atom. The van der Waals surface area contributed by atoms with Gasteiger partial charge in [-0.15, -0.1) is 0 Å². The van der Waals surface area contributed by atoms with Gasteiger partial charge in [0, 0.05) is 17.9 Å². The normalized spacial score (nSPS) is 37.5. The Labute approximate surface area is 110 Å². The zero-order valence-corrected chi connectivity index (χ0v) is 10.5. The molecule has 2 bridgehead atoms. The van der Waals surface area contributed by atoms with Crippen LogP contribution in [0, 0.1) is 17.8 Å². The first-order valence-corrected chi connectivity index (χ1v) is 6.78. The summed E-state index contributed by atoms with van der Waals surface area (Å²) in [7, 11) is 0. The van der Waals surface area contributed by atoms with Crippen LogP contribution in [0.5, 0.6) is 0 Å². The third-order valence-electron chi connectivity index (χ3n) is 4.77. The van der Waals surface area contributed by atoms with Gasteiger partial charge in [0.1, 0.15) is 11.8 Å². The Kier molecular flexibility index (Phi) is 2.76. The smallest absolute Gasteiger partial charge is 0.408 e. The van der Waals surface area contributed by atoms with Crippen molar-refractivity contribution >= 4 is 17.8 Å². The van der Waals surface area contributed by atoms with Crippen LogP contribution in [0.15, 0.2) is 0 Å². The van der Waals surface area contributed by atoms with E-state index < -0.39 is 30.1 Å². The zero-order valence-electron chi connectivity index (χ0n) is 10.5. The molecule has 2 saturated heterocycles. The molecule has 6 heteroatoms. The van der Waals surface area contributed by atoms with E-state index in [0.717, 1.165) is 24.2 Å². The highest BCUT2D eigenvalue weighted by Gasteiger charge is 2.57. The van der Waals surface area contributed by atoms with Crippen LogP contribution in [-0.4, -0.2) is 45.0 Å². The maximum Gasteiger partial charge on any atom is 0.408 e. The summed E-state index contributed by atoms with van der Waals surface area (Å²) in [5.74, 6) is -1.61. The third kappa shape index (κ3) is 1.89. The Morgan fingerprint density at radius 2 is 1.84 bits per heavy atom. The fraction of sp³-hybridized carbons (Fsp3) is 0.769. The summed E-state index contributed by atoms with van der Waals surface area (Å²) < 4.78 is 0. The summed E-state index contributed by atoms with van der Waals surface area (Å²) in [6.07, 6.45) is 2.86. The third-order valence-corrected chi connectivity index (χ3v) is 4.77. The number of aliphatic carboxylic acids is 1. The van der Waals surface area contributed by atoms with Gasteiger partial charge in [0.15, 0.2) is 0 Å². The molecule has 104 valence electrons. The van der Waals surface area contributed by atoms with Crippen LogP contribution in [0.2, 0.25) is 0 Å². The van der Waals surface area contributed by atoms with Crippen molar-refractivity contribution in [1.82, 2.24) is 4.90 Å². The minimum atomic E-state index is -1.21. The lowest BCUT2D eigenvalue weighted by Gasteiger charge is -2.51. The molecule has 0 aromatic heterocycles. The molecule has 2 heterocycles. The number of rotatable bonds is 3. The van der Waals surface area contributed by atoms with E-state index in [0.29, 0.717) is 18.8 Å². The monoisotopic (exact) mass is 267 g/mol. The van der Waals surface area contributed by atoms with Gasteiger partial charge in [-0.1, -0.05) is 12.8 Å². The highest BCUT2D eigenvalue weighted by molar-refractivity contribution is 5.94. The Bertz CT molecular complexity index is 444. The fourth-order valence-corrected chi connectivity index (χ4v) is 3.74. The van der Waals surface area contributed by atoms with Crippen molar-refractivity contribution in [2.45, 2.75) is 44.2 Å². The summed E-state index contributed by atoms with van der Waals surface area (Å²) in [6, 6.07) is -1.61. The van der Waals surface area contributed by atoms with E-state index in [1.807, 2.05) is 0 Å². The fourth-order valence-electron chi connectivity index (χ4n) is 3.74. The number of carboxylic acids is 1. The average Bonchev–Trinajstić information content (AvgIpc) is 3.16. The highest BCUT2D eigenvalue weighted by atomic mass is 16.4. The second-order valence-corrected chi connectivity index (χ2v) is 5.91. The van der Waals surface area contributed by atoms with Crippen LogP contribution in [0.1, 0.15) is 32.1 Å². The first kappa shape index (κ1) is 12.4. The lowest BCUT2D eigenvalue weighted by Crippen LogP contribution is -2.67. The average molecular weight is 267 g/mol. The van der Waals surface area contributed by atoms with Gasteiger partial charge < -0.3 is 10.2 Å². The molecule has 6 nitrogen and oxygen atoms in total. The molecular weight excluding hydrogens is 250 g/mol. The van der Waals surface area contributed by atoms with E-state index in [2.05, 4.69) is 0 Å². The van der Waals surface area contributed by atoms with Gasteiger partial charge in [-0.05, 0) is 25.2 Å². The van der Waals surface area contributed by atoms with E-state index in [4.69, 9.17) is 0 Å². The standard InChI is InChI=1S/C13H17NO5/c15-11-7-3-4-9(8(11)5-6-1-2-6)14(13(18)19)10(7)12(16)17/h6-10H,1-5H2,(H,16,17)(H,18,19)/t7-,8?,9-,10-/m0/s1. The van der Waals surface area contributed by atoms with Gasteiger partial charge in [0.25, 0.3) is 0 Å². The second-order valence-electron chi connectivity index (χ2n) is 5.91. The number of ketones is 1. The number of Topliss-reactive ketones (excluding diaryl/α,β-unsaturated/α-hetero) is 1. The molecule has 4 fully saturated rings. The first-order chi connectivity index (χ1) is 9.00. The van der Waals surface area contributed by atoms with Crippen LogP contribution in [0.3, 0.4) is 0 Å². The van der Waals surface area contributed by atoms with Crippen molar-refractivity contribution < 1.29 is 24.6 Å². The number of nitrogens with zero attached hydrogens (tertiary/aromatic N) is 1. The number of amides is 1. The molecule has 0 radical (unpaired) electrons. The van der Waals surface area contributed by atoms with Crippen molar-refractivity contribution in [3.05, 3.63) is 0 Å². The summed E-state index contributed by atoms with van der Waals surface area (Å²) in [5.41, 5.74) is 0. The number of carboxylic acid groups (broad SMARTS) is 2.